The highest BCUT2D eigenvalue weighted by Crippen LogP contribution is 2.21. The molecule has 1 aliphatic rings. The fourth-order valence-electron chi connectivity index (χ4n) is 1.60. The van der Waals surface area contributed by atoms with E-state index in [2.05, 4.69) is 0 Å². The average molecular weight is 256 g/mol. The Hall–Kier alpha value is -0.680. The fraction of sp³-hybridized carbons (Fsp3) is 0.714. The normalized spacial score (nSPS) is 17.6. The van der Waals surface area contributed by atoms with Crippen LogP contribution in [-0.4, -0.2) is 45.4 Å². The summed E-state index contributed by atoms with van der Waals surface area (Å²) in [6.45, 7) is 6.12. The molecule has 0 aromatic rings. The fourth-order valence-corrected chi connectivity index (χ4v) is 1.60. The lowest BCUT2D eigenvalue weighted by atomic mass is 10.1. The van der Waals surface area contributed by atoms with Gasteiger partial charge in [0, 0.05) is 7.11 Å². The summed E-state index contributed by atoms with van der Waals surface area (Å²) in [4.78, 5) is 0. The van der Waals surface area contributed by atoms with Gasteiger partial charge in [-0.25, -0.2) is 0 Å². The minimum Gasteiger partial charge on any atom is -0.382 e. The second kappa shape index (κ2) is 8.43. The Morgan fingerprint density at radius 2 is 1.61 bits per heavy atom. The average Bonchev–Trinajstić information content (AvgIpc) is 2.36. The van der Waals surface area contributed by atoms with Gasteiger partial charge in [-0.2, -0.15) is 0 Å². The van der Waals surface area contributed by atoms with Crippen LogP contribution in [0.25, 0.3) is 0 Å². The van der Waals surface area contributed by atoms with Gasteiger partial charge in [-0.15, -0.1) is 0 Å². The quantitative estimate of drug-likeness (QED) is 0.360. The smallest absolute Gasteiger partial charge is 0.208 e. The van der Waals surface area contributed by atoms with Gasteiger partial charge in [-0.05, 0) is 32.4 Å². The van der Waals surface area contributed by atoms with Gasteiger partial charge in [0.25, 0.3) is 0 Å². The second-order valence-corrected chi connectivity index (χ2v) is 4.37. The summed E-state index contributed by atoms with van der Waals surface area (Å²) < 4.78 is 22.0. The van der Waals surface area contributed by atoms with E-state index in [0.717, 1.165) is 6.42 Å². The van der Waals surface area contributed by atoms with E-state index in [-0.39, 0.29) is 6.10 Å². The van der Waals surface area contributed by atoms with Crippen LogP contribution in [0.4, 0.5) is 0 Å². The zero-order valence-electron chi connectivity index (χ0n) is 11.6. The molecule has 1 rings (SSSR count). The van der Waals surface area contributed by atoms with Crippen molar-refractivity contribution in [3.05, 3.63) is 24.3 Å². The van der Waals surface area contributed by atoms with Crippen molar-refractivity contribution >= 4 is 0 Å². The van der Waals surface area contributed by atoms with Crippen molar-refractivity contribution in [3.8, 4) is 0 Å². The van der Waals surface area contributed by atoms with E-state index < -0.39 is 5.79 Å². The molecule has 0 saturated carbocycles. The molecule has 104 valence electrons. The lowest BCUT2D eigenvalue weighted by Gasteiger charge is -2.29. The molecular weight excluding hydrogens is 232 g/mol. The Labute approximate surface area is 110 Å². The predicted octanol–water partition coefficient (Wildman–Crippen LogP) is 2.30. The number of ether oxygens (including phenoxy) is 4. The third-order valence-electron chi connectivity index (χ3n) is 2.45. The van der Waals surface area contributed by atoms with Crippen LogP contribution in [0.2, 0.25) is 0 Å². The van der Waals surface area contributed by atoms with Gasteiger partial charge in [-0.1, -0.05) is 12.2 Å². The van der Waals surface area contributed by atoms with Crippen LogP contribution in [0.15, 0.2) is 24.3 Å². The van der Waals surface area contributed by atoms with Crippen LogP contribution in [0, 0.1) is 0 Å². The van der Waals surface area contributed by atoms with Crippen molar-refractivity contribution in [2.75, 3.05) is 33.5 Å². The second-order valence-electron chi connectivity index (χ2n) is 4.37. The molecule has 18 heavy (non-hydrogen) atoms. The van der Waals surface area contributed by atoms with E-state index in [1.165, 1.54) is 0 Å². The van der Waals surface area contributed by atoms with Gasteiger partial charge in [0.2, 0.25) is 5.79 Å². The summed E-state index contributed by atoms with van der Waals surface area (Å²) in [5.74, 6) is -0.753. The van der Waals surface area contributed by atoms with Crippen molar-refractivity contribution in [2.45, 2.75) is 32.2 Å². The SMILES string of the molecule is COCCOC1(OCCOC(C)C)C=CCC=C1. The maximum atomic E-state index is 5.79. The zero-order valence-corrected chi connectivity index (χ0v) is 11.6. The van der Waals surface area contributed by atoms with Crippen LogP contribution < -0.4 is 0 Å². The first-order valence-corrected chi connectivity index (χ1v) is 6.42. The predicted molar refractivity (Wildman–Crippen MR) is 70.5 cm³/mol. The molecule has 0 aromatic heterocycles. The minimum absolute atomic E-state index is 0.219. The van der Waals surface area contributed by atoms with E-state index in [4.69, 9.17) is 18.9 Å². The molecule has 4 heteroatoms. The number of methoxy groups -OCH3 is 1. The molecule has 0 amide bonds. The highest BCUT2D eigenvalue weighted by Gasteiger charge is 2.26. The standard InChI is InChI=1S/C14H24O4/c1-13(2)16-10-12-18-14(17-11-9-15-3)7-5-4-6-8-14/h5-8,13H,4,9-12H2,1-3H3. The van der Waals surface area contributed by atoms with Gasteiger partial charge in [-0.3, -0.25) is 0 Å². The van der Waals surface area contributed by atoms with Crippen LogP contribution in [0.5, 0.6) is 0 Å². The number of hydrogen-bond acceptors (Lipinski definition) is 4. The molecule has 0 saturated heterocycles. The Morgan fingerprint density at radius 3 is 2.17 bits per heavy atom. The molecular formula is C14H24O4. The van der Waals surface area contributed by atoms with Crippen molar-refractivity contribution in [3.63, 3.8) is 0 Å². The topological polar surface area (TPSA) is 36.9 Å². The molecule has 0 bridgehead atoms. The summed E-state index contributed by atoms with van der Waals surface area (Å²) in [5, 5.41) is 0. The summed E-state index contributed by atoms with van der Waals surface area (Å²) in [6.07, 6.45) is 9.10. The molecule has 0 spiro atoms. The van der Waals surface area contributed by atoms with Crippen molar-refractivity contribution < 1.29 is 18.9 Å². The molecule has 0 unspecified atom stereocenters. The maximum absolute atomic E-state index is 5.79. The van der Waals surface area contributed by atoms with Gasteiger partial charge in [0.1, 0.15) is 0 Å². The van der Waals surface area contributed by atoms with Gasteiger partial charge < -0.3 is 18.9 Å². The monoisotopic (exact) mass is 256 g/mol. The lowest BCUT2D eigenvalue weighted by Crippen LogP contribution is -2.35. The number of rotatable bonds is 9. The van der Waals surface area contributed by atoms with E-state index in [1.54, 1.807) is 7.11 Å². The summed E-state index contributed by atoms with van der Waals surface area (Å²) >= 11 is 0. The minimum atomic E-state index is -0.753. The number of allylic oxidation sites excluding steroid dienone is 2. The van der Waals surface area contributed by atoms with E-state index in [1.807, 2.05) is 38.2 Å². The largest absolute Gasteiger partial charge is 0.382 e. The summed E-state index contributed by atoms with van der Waals surface area (Å²) in [6, 6.07) is 0. The van der Waals surface area contributed by atoms with Crippen molar-refractivity contribution in [2.24, 2.45) is 0 Å². The Morgan fingerprint density at radius 1 is 1.00 bits per heavy atom. The first-order valence-electron chi connectivity index (χ1n) is 6.42. The summed E-state index contributed by atoms with van der Waals surface area (Å²) in [7, 11) is 1.65. The molecule has 0 N–H and O–H groups in total. The highest BCUT2D eigenvalue weighted by atomic mass is 16.7. The van der Waals surface area contributed by atoms with Crippen LogP contribution in [0.1, 0.15) is 20.3 Å². The van der Waals surface area contributed by atoms with E-state index in [0.29, 0.717) is 26.4 Å². The summed E-state index contributed by atoms with van der Waals surface area (Å²) in [5.41, 5.74) is 0. The van der Waals surface area contributed by atoms with Crippen LogP contribution in [0.3, 0.4) is 0 Å². The first kappa shape index (κ1) is 15.4. The molecule has 0 atom stereocenters. The Balaban J connectivity index is 2.37. The maximum Gasteiger partial charge on any atom is 0.208 e. The lowest BCUT2D eigenvalue weighted by molar-refractivity contribution is -0.185. The third-order valence-corrected chi connectivity index (χ3v) is 2.45. The van der Waals surface area contributed by atoms with E-state index in [9.17, 15) is 0 Å². The van der Waals surface area contributed by atoms with Gasteiger partial charge in [0.15, 0.2) is 0 Å². The molecule has 0 aliphatic heterocycles. The highest BCUT2D eigenvalue weighted by molar-refractivity contribution is 5.16. The molecule has 0 heterocycles. The van der Waals surface area contributed by atoms with Gasteiger partial charge >= 0.3 is 0 Å². The molecule has 0 aromatic carbocycles. The van der Waals surface area contributed by atoms with Gasteiger partial charge in [0.05, 0.1) is 32.5 Å². The number of hydrogen-bond donors (Lipinski definition) is 0. The third kappa shape index (κ3) is 5.78. The van der Waals surface area contributed by atoms with Crippen molar-refractivity contribution in [1.82, 2.24) is 0 Å². The molecule has 0 fully saturated rings. The Kier molecular flexibility index (Phi) is 7.20. The molecule has 1 aliphatic carbocycles. The van der Waals surface area contributed by atoms with Crippen LogP contribution in [-0.2, 0) is 18.9 Å². The first-order chi connectivity index (χ1) is 8.68. The zero-order chi connectivity index (χ0) is 13.3. The molecule has 0 radical (unpaired) electrons. The Bertz CT molecular complexity index is 259. The van der Waals surface area contributed by atoms with Crippen molar-refractivity contribution in [1.29, 1.82) is 0 Å². The molecule has 4 nitrogen and oxygen atoms in total. The van der Waals surface area contributed by atoms with Crippen LogP contribution >= 0.6 is 0 Å². The van der Waals surface area contributed by atoms with E-state index >= 15 is 0 Å².